The van der Waals surface area contributed by atoms with Crippen molar-refractivity contribution in [3.05, 3.63) is 18.2 Å². The summed E-state index contributed by atoms with van der Waals surface area (Å²) >= 11 is 0. The minimum absolute atomic E-state index is 0.163. The Balaban J connectivity index is 2.17. The Morgan fingerprint density at radius 2 is 2.00 bits per heavy atom. The van der Waals surface area contributed by atoms with Crippen LogP contribution in [0.2, 0.25) is 0 Å². The van der Waals surface area contributed by atoms with Gasteiger partial charge in [-0.3, -0.25) is 24.1 Å². The fourth-order valence-electron chi connectivity index (χ4n) is 2.12. The number of carboxylic acid groups (broad SMARTS) is 1. The van der Waals surface area contributed by atoms with Gasteiger partial charge < -0.3 is 20.5 Å². The van der Waals surface area contributed by atoms with E-state index in [1.807, 2.05) is 0 Å². The predicted molar refractivity (Wildman–Crippen MR) is 83.9 cm³/mol. The molecule has 0 fully saturated rings. The van der Waals surface area contributed by atoms with Crippen LogP contribution in [-0.4, -0.2) is 49.0 Å². The monoisotopic (exact) mass is 335 g/mol. The van der Waals surface area contributed by atoms with Crippen molar-refractivity contribution in [2.24, 2.45) is 0 Å². The van der Waals surface area contributed by atoms with Crippen LogP contribution in [0.1, 0.15) is 12.8 Å². The summed E-state index contributed by atoms with van der Waals surface area (Å²) in [6.45, 7) is -0.337. The zero-order chi connectivity index (χ0) is 17.7. The van der Waals surface area contributed by atoms with Crippen LogP contribution in [0.15, 0.2) is 18.2 Å². The van der Waals surface area contributed by atoms with E-state index >= 15 is 0 Å². The molecule has 1 aromatic rings. The summed E-state index contributed by atoms with van der Waals surface area (Å²) in [5.74, 6) is -1.82. The van der Waals surface area contributed by atoms with Crippen molar-refractivity contribution < 1.29 is 29.0 Å². The summed E-state index contributed by atoms with van der Waals surface area (Å²) in [6.07, 6.45) is -0.440. The highest BCUT2D eigenvalue weighted by Crippen LogP contribution is 2.34. The molecule has 0 spiro atoms. The maximum atomic E-state index is 12.0. The van der Waals surface area contributed by atoms with Gasteiger partial charge in [0.15, 0.2) is 6.61 Å². The fourth-order valence-corrected chi connectivity index (χ4v) is 2.12. The molecule has 1 aliphatic heterocycles. The molecule has 1 heterocycles. The van der Waals surface area contributed by atoms with E-state index in [0.29, 0.717) is 17.1 Å². The second kappa shape index (κ2) is 7.44. The number of nitrogens with one attached hydrogen (secondary N) is 2. The van der Waals surface area contributed by atoms with Gasteiger partial charge >= 0.3 is 5.97 Å². The standard InChI is InChI=1S/C15H17N3O6/c1-16-13(20)7-18-10-6-9(17-12(19)4-5-15(22)23)2-3-11(10)24-8-14(18)21/h2-3,6H,4-5,7-8H2,1H3,(H,16,20)(H,17,19)(H,22,23). The van der Waals surface area contributed by atoms with Crippen LogP contribution in [0.4, 0.5) is 11.4 Å². The first-order chi connectivity index (χ1) is 11.4. The van der Waals surface area contributed by atoms with E-state index in [1.54, 1.807) is 12.1 Å². The number of fused-ring (bicyclic) bond motifs is 1. The first kappa shape index (κ1) is 17.3. The smallest absolute Gasteiger partial charge is 0.303 e. The van der Waals surface area contributed by atoms with Crippen LogP contribution in [0.25, 0.3) is 0 Å². The van der Waals surface area contributed by atoms with Gasteiger partial charge in [-0.15, -0.1) is 0 Å². The Bertz CT molecular complexity index is 688. The van der Waals surface area contributed by atoms with E-state index in [-0.39, 0.29) is 37.8 Å². The molecule has 0 aliphatic carbocycles. The number of amides is 3. The van der Waals surface area contributed by atoms with Gasteiger partial charge in [-0.05, 0) is 18.2 Å². The fraction of sp³-hybridized carbons (Fsp3) is 0.333. The molecule has 0 saturated carbocycles. The number of ether oxygens (including phenoxy) is 1. The maximum absolute atomic E-state index is 12.0. The normalized spacial score (nSPS) is 12.9. The lowest BCUT2D eigenvalue weighted by Crippen LogP contribution is -2.44. The lowest BCUT2D eigenvalue weighted by molar-refractivity contribution is -0.138. The molecule has 0 unspecified atom stereocenters. The van der Waals surface area contributed by atoms with Crippen LogP contribution in [0, 0.1) is 0 Å². The SMILES string of the molecule is CNC(=O)CN1C(=O)COc2ccc(NC(=O)CCC(=O)O)cc21. The number of carbonyl (C=O) groups is 4. The van der Waals surface area contributed by atoms with Gasteiger partial charge in [0.25, 0.3) is 5.91 Å². The molecule has 0 radical (unpaired) electrons. The average molecular weight is 335 g/mol. The summed E-state index contributed by atoms with van der Waals surface area (Å²) in [5.41, 5.74) is 0.746. The molecule has 1 aliphatic rings. The third kappa shape index (κ3) is 4.22. The number of likely N-dealkylation sites (N-methyl/N-ethyl adjacent to an activating group) is 1. The summed E-state index contributed by atoms with van der Waals surface area (Å²) < 4.78 is 5.31. The van der Waals surface area contributed by atoms with Gasteiger partial charge in [0, 0.05) is 19.2 Å². The Labute approximate surface area is 137 Å². The molecule has 9 nitrogen and oxygen atoms in total. The van der Waals surface area contributed by atoms with E-state index in [9.17, 15) is 19.2 Å². The lowest BCUT2D eigenvalue weighted by atomic mass is 10.2. The average Bonchev–Trinajstić information content (AvgIpc) is 2.55. The zero-order valence-electron chi connectivity index (χ0n) is 13.0. The van der Waals surface area contributed by atoms with Crippen molar-refractivity contribution in [3.63, 3.8) is 0 Å². The molecule has 0 bridgehead atoms. The first-order valence-corrected chi connectivity index (χ1v) is 7.20. The highest BCUT2D eigenvalue weighted by Gasteiger charge is 2.27. The second-order valence-electron chi connectivity index (χ2n) is 5.07. The number of nitrogens with zero attached hydrogens (tertiary/aromatic N) is 1. The van der Waals surface area contributed by atoms with E-state index in [0.717, 1.165) is 0 Å². The summed E-state index contributed by atoms with van der Waals surface area (Å²) in [7, 11) is 1.47. The number of benzene rings is 1. The third-order valence-corrected chi connectivity index (χ3v) is 3.33. The largest absolute Gasteiger partial charge is 0.482 e. The second-order valence-corrected chi connectivity index (χ2v) is 5.07. The highest BCUT2D eigenvalue weighted by atomic mass is 16.5. The molecule has 2 rings (SSSR count). The van der Waals surface area contributed by atoms with Crippen LogP contribution >= 0.6 is 0 Å². The number of carboxylic acids is 1. The number of aliphatic carboxylic acids is 1. The third-order valence-electron chi connectivity index (χ3n) is 3.33. The Morgan fingerprint density at radius 1 is 1.25 bits per heavy atom. The molecule has 9 heteroatoms. The Kier molecular flexibility index (Phi) is 5.35. The van der Waals surface area contributed by atoms with Crippen LogP contribution in [-0.2, 0) is 19.2 Å². The van der Waals surface area contributed by atoms with Gasteiger partial charge in [-0.1, -0.05) is 0 Å². The number of carbonyl (C=O) groups excluding carboxylic acids is 3. The Hall–Kier alpha value is -3.10. The molecule has 0 atom stereocenters. The van der Waals surface area contributed by atoms with Crippen LogP contribution < -0.4 is 20.3 Å². The van der Waals surface area contributed by atoms with E-state index in [2.05, 4.69) is 10.6 Å². The quantitative estimate of drug-likeness (QED) is 0.670. The van der Waals surface area contributed by atoms with Gasteiger partial charge in [-0.25, -0.2) is 0 Å². The predicted octanol–water partition coefficient (Wildman–Crippen LogP) is -0.0387. The van der Waals surface area contributed by atoms with E-state index in [4.69, 9.17) is 9.84 Å². The summed E-state index contributed by atoms with van der Waals surface area (Å²) in [4.78, 5) is 47.0. The lowest BCUT2D eigenvalue weighted by Gasteiger charge is -2.29. The number of hydrogen-bond donors (Lipinski definition) is 3. The van der Waals surface area contributed by atoms with E-state index < -0.39 is 11.9 Å². The van der Waals surface area contributed by atoms with Crippen molar-refractivity contribution in [1.82, 2.24) is 5.32 Å². The van der Waals surface area contributed by atoms with Gasteiger partial charge in [0.1, 0.15) is 12.3 Å². The van der Waals surface area contributed by atoms with Gasteiger partial charge in [0.05, 0.1) is 12.1 Å². The van der Waals surface area contributed by atoms with Gasteiger partial charge in [-0.2, -0.15) is 0 Å². The highest BCUT2D eigenvalue weighted by molar-refractivity contribution is 6.03. The molecule has 24 heavy (non-hydrogen) atoms. The van der Waals surface area contributed by atoms with Crippen molar-refractivity contribution in [3.8, 4) is 5.75 Å². The molecule has 0 aromatic heterocycles. The maximum Gasteiger partial charge on any atom is 0.303 e. The van der Waals surface area contributed by atoms with Crippen LogP contribution in [0.5, 0.6) is 5.75 Å². The minimum Gasteiger partial charge on any atom is -0.482 e. The number of rotatable bonds is 6. The van der Waals surface area contributed by atoms with Crippen molar-refractivity contribution in [2.75, 3.05) is 30.4 Å². The summed E-state index contributed by atoms with van der Waals surface area (Å²) in [5, 5.41) is 13.6. The molecule has 3 N–H and O–H groups in total. The minimum atomic E-state index is -1.06. The number of hydrogen-bond acceptors (Lipinski definition) is 5. The molecule has 3 amide bonds. The van der Waals surface area contributed by atoms with Crippen molar-refractivity contribution in [1.29, 1.82) is 0 Å². The Morgan fingerprint density at radius 3 is 2.67 bits per heavy atom. The molecular weight excluding hydrogens is 318 g/mol. The molecule has 1 aromatic carbocycles. The first-order valence-electron chi connectivity index (χ1n) is 7.20. The van der Waals surface area contributed by atoms with E-state index in [1.165, 1.54) is 18.0 Å². The summed E-state index contributed by atoms with van der Waals surface area (Å²) in [6, 6.07) is 4.66. The topological polar surface area (TPSA) is 125 Å². The number of anilines is 2. The van der Waals surface area contributed by atoms with Crippen molar-refractivity contribution in [2.45, 2.75) is 12.8 Å². The molecule has 0 saturated heterocycles. The molecular formula is C15H17N3O6. The van der Waals surface area contributed by atoms with Crippen molar-refractivity contribution >= 4 is 35.1 Å². The van der Waals surface area contributed by atoms with Crippen LogP contribution in [0.3, 0.4) is 0 Å². The van der Waals surface area contributed by atoms with Gasteiger partial charge in [0.2, 0.25) is 11.8 Å². The molecule has 128 valence electrons. The zero-order valence-corrected chi connectivity index (χ0v) is 13.0.